The van der Waals surface area contributed by atoms with Crippen LogP contribution in [0.2, 0.25) is 0 Å². The van der Waals surface area contributed by atoms with Gasteiger partial charge < -0.3 is 19.9 Å². The normalized spacial score (nSPS) is 15.6. The van der Waals surface area contributed by atoms with Crippen LogP contribution >= 0.6 is 0 Å². The van der Waals surface area contributed by atoms with Gasteiger partial charge in [0.2, 0.25) is 0 Å². The molecule has 1 saturated heterocycles. The first-order valence-electron chi connectivity index (χ1n) is 7.49. The van der Waals surface area contributed by atoms with E-state index in [9.17, 15) is 4.79 Å². The van der Waals surface area contributed by atoms with Crippen molar-refractivity contribution in [1.82, 2.24) is 9.88 Å². The molecule has 112 valence electrons. The molecule has 21 heavy (non-hydrogen) atoms. The summed E-state index contributed by atoms with van der Waals surface area (Å²) in [7, 11) is 0. The SMILES string of the molecule is O=c1c2ccc(N3CCNCC3)cc2ccn1CCCO. The van der Waals surface area contributed by atoms with E-state index in [2.05, 4.69) is 16.3 Å². The number of benzene rings is 1. The second kappa shape index (κ2) is 6.28. The van der Waals surface area contributed by atoms with E-state index in [1.54, 1.807) is 4.57 Å². The average molecular weight is 287 g/mol. The predicted octanol–water partition coefficient (Wildman–Crippen LogP) is 0.793. The number of pyridine rings is 1. The van der Waals surface area contributed by atoms with Crippen LogP contribution in [0.5, 0.6) is 0 Å². The maximum atomic E-state index is 12.4. The quantitative estimate of drug-likeness (QED) is 0.873. The van der Waals surface area contributed by atoms with E-state index in [1.807, 2.05) is 24.4 Å². The second-order valence-electron chi connectivity index (χ2n) is 5.40. The molecule has 1 aromatic carbocycles. The highest BCUT2D eigenvalue weighted by atomic mass is 16.3. The molecule has 0 bridgehead atoms. The third kappa shape index (κ3) is 2.94. The zero-order valence-electron chi connectivity index (χ0n) is 12.1. The summed E-state index contributed by atoms with van der Waals surface area (Å²) in [6, 6.07) is 8.04. The molecule has 2 N–H and O–H groups in total. The molecule has 0 spiro atoms. The molecule has 1 aliphatic heterocycles. The third-order valence-corrected chi connectivity index (χ3v) is 4.00. The second-order valence-corrected chi connectivity index (χ2v) is 5.40. The molecule has 0 saturated carbocycles. The number of nitrogens with one attached hydrogen (secondary N) is 1. The van der Waals surface area contributed by atoms with Crippen molar-refractivity contribution in [2.24, 2.45) is 0 Å². The van der Waals surface area contributed by atoms with Gasteiger partial charge in [0.15, 0.2) is 0 Å². The van der Waals surface area contributed by atoms with Gasteiger partial charge in [0.25, 0.3) is 5.56 Å². The summed E-state index contributed by atoms with van der Waals surface area (Å²) in [5.41, 5.74) is 1.20. The number of piperazine rings is 1. The Kier molecular flexibility index (Phi) is 4.22. The summed E-state index contributed by atoms with van der Waals surface area (Å²) < 4.78 is 1.67. The van der Waals surface area contributed by atoms with Crippen LogP contribution in [0, 0.1) is 0 Å². The molecule has 0 atom stereocenters. The van der Waals surface area contributed by atoms with Crippen molar-refractivity contribution >= 4 is 16.5 Å². The molecular formula is C16H21N3O2. The minimum atomic E-state index is 0.0211. The number of hydrogen-bond donors (Lipinski definition) is 2. The first-order valence-corrected chi connectivity index (χ1v) is 7.49. The van der Waals surface area contributed by atoms with Gasteiger partial charge in [0, 0.05) is 56.6 Å². The van der Waals surface area contributed by atoms with Crippen molar-refractivity contribution in [2.45, 2.75) is 13.0 Å². The number of aliphatic hydroxyl groups is 1. The number of hydrogen-bond acceptors (Lipinski definition) is 4. The average Bonchev–Trinajstić information content (AvgIpc) is 2.55. The standard InChI is InChI=1S/C16H21N3O2/c20-11-1-7-19-8-4-13-12-14(2-3-15(13)16(19)21)18-9-5-17-6-10-18/h2-4,8,12,17,20H,1,5-7,9-11H2. The van der Waals surface area contributed by atoms with Crippen molar-refractivity contribution in [3.63, 3.8) is 0 Å². The fourth-order valence-electron chi connectivity index (χ4n) is 2.81. The lowest BCUT2D eigenvalue weighted by Gasteiger charge is -2.29. The Morgan fingerprint density at radius 1 is 1.19 bits per heavy atom. The fourth-order valence-corrected chi connectivity index (χ4v) is 2.81. The van der Waals surface area contributed by atoms with Gasteiger partial charge in [-0.2, -0.15) is 0 Å². The molecule has 2 aromatic rings. The van der Waals surface area contributed by atoms with Gasteiger partial charge in [-0.15, -0.1) is 0 Å². The first-order chi connectivity index (χ1) is 10.3. The Balaban J connectivity index is 1.93. The van der Waals surface area contributed by atoms with Crippen LogP contribution in [0.25, 0.3) is 10.8 Å². The van der Waals surface area contributed by atoms with E-state index in [-0.39, 0.29) is 12.2 Å². The number of anilines is 1. The van der Waals surface area contributed by atoms with Gasteiger partial charge in [-0.05, 0) is 36.1 Å². The summed E-state index contributed by atoms with van der Waals surface area (Å²) in [6.07, 6.45) is 2.42. The third-order valence-electron chi connectivity index (χ3n) is 4.00. The summed E-state index contributed by atoms with van der Waals surface area (Å²) in [5, 5.41) is 14.0. The van der Waals surface area contributed by atoms with Gasteiger partial charge in [-0.1, -0.05) is 0 Å². The molecule has 5 nitrogen and oxygen atoms in total. The predicted molar refractivity (Wildman–Crippen MR) is 85.0 cm³/mol. The number of aliphatic hydroxyl groups excluding tert-OH is 1. The van der Waals surface area contributed by atoms with E-state index in [4.69, 9.17) is 5.11 Å². The van der Waals surface area contributed by atoms with Crippen LogP contribution in [0.1, 0.15) is 6.42 Å². The Labute approximate surface area is 123 Å². The van der Waals surface area contributed by atoms with Crippen LogP contribution < -0.4 is 15.8 Å². The van der Waals surface area contributed by atoms with Crippen LogP contribution in [-0.2, 0) is 6.54 Å². The van der Waals surface area contributed by atoms with Crippen LogP contribution in [0.4, 0.5) is 5.69 Å². The minimum absolute atomic E-state index is 0.0211. The highest BCUT2D eigenvalue weighted by Crippen LogP contribution is 2.20. The molecule has 0 radical (unpaired) electrons. The summed E-state index contributed by atoms with van der Waals surface area (Å²) in [5.74, 6) is 0. The molecule has 1 aromatic heterocycles. The van der Waals surface area contributed by atoms with Crippen molar-refractivity contribution in [3.8, 4) is 0 Å². The lowest BCUT2D eigenvalue weighted by atomic mass is 10.1. The van der Waals surface area contributed by atoms with Gasteiger partial charge in [0.05, 0.1) is 0 Å². The van der Waals surface area contributed by atoms with E-state index >= 15 is 0 Å². The minimum Gasteiger partial charge on any atom is -0.396 e. The highest BCUT2D eigenvalue weighted by Gasteiger charge is 2.11. The molecule has 1 aliphatic rings. The van der Waals surface area contributed by atoms with E-state index in [0.717, 1.165) is 37.0 Å². The van der Waals surface area contributed by atoms with Gasteiger partial charge >= 0.3 is 0 Å². The largest absolute Gasteiger partial charge is 0.396 e. The first kappa shape index (κ1) is 14.1. The molecule has 3 rings (SSSR count). The maximum absolute atomic E-state index is 12.4. The van der Waals surface area contributed by atoms with E-state index in [1.165, 1.54) is 5.69 Å². The maximum Gasteiger partial charge on any atom is 0.258 e. The zero-order valence-corrected chi connectivity index (χ0v) is 12.1. The number of nitrogens with zero attached hydrogens (tertiary/aromatic N) is 2. The number of fused-ring (bicyclic) bond motifs is 1. The van der Waals surface area contributed by atoms with Crippen molar-refractivity contribution in [2.75, 3.05) is 37.7 Å². The summed E-state index contributed by atoms with van der Waals surface area (Å²) in [6.45, 7) is 4.66. The lowest BCUT2D eigenvalue weighted by Crippen LogP contribution is -2.43. The lowest BCUT2D eigenvalue weighted by molar-refractivity contribution is 0.279. The monoisotopic (exact) mass is 287 g/mol. The van der Waals surface area contributed by atoms with Crippen molar-refractivity contribution in [1.29, 1.82) is 0 Å². The molecular weight excluding hydrogens is 266 g/mol. The number of aromatic nitrogens is 1. The van der Waals surface area contributed by atoms with Gasteiger partial charge in [-0.3, -0.25) is 4.79 Å². The molecule has 5 heteroatoms. The molecule has 2 heterocycles. The van der Waals surface area contributed by atoms with E-state index < -0.39 is 0 Å². The summed E-state index contributed by atoms with van der Waals surface area (Å²) >= 11 is 0. The Hall–Kier alpha value is -1.85. The van der Waals surface area contributed by atoms with Crippen LogP contribution in [0.3, 0.4) is 0 Å². The highest BCUT2D eigenvalue weighted by molar-refractivity contribution is 5.85. The zero-order chi connectivity index (χ0) is 14.7. The van der Waals surface area contributed by atoms with Crippen molar-refractivity contribution in [3.05, 3.63) is 40.8 Å². The Bertz CT molecular complexity index is 675. The fraction of sp³-hybridized carbons (Fsp3) is 0.438. The smallest absolute Gasteiger partial charge is 0.258 e. The molecule has 1 fully saturated rings. The van der Waals surface area contributed by atoms with Gasteiger partial charge in [0.1, 0.15) is 0 Å². The topological polar surface area (TPSA) is 57.5 Å². The van der Waals surface area contributed by atoms with Crippen molar-refractivity contribution < 1.29 is 5.11 Å². The number of rotatable bonds is 4. The van der Waals surface area contributed by atoms with Gasteiger partial charge in [-0.25, -0.2) is 0 Å². The Morgan fingerprint density at radius 3 is 2.76 bits per heavy atom. The van der Waals surface area contributed by atoms with Crippen LogP contribution in [0.15, 0.2) is 35.3 Å². The molecule has 0 unspecified atom stereocenters. The van der Waals surface area contributed by atoms with E-state index in [0.29, 0.717) is 13.0 Å². The molecule has 0 amide bonds. The Morgan fingerprint density at radius 2 is 2.00 bits per heavy atom. The summed E-state index contributed by atoms with van der Waals surface area (Å²) in [4.78, 5) is 14.7. The number of aryl methyl sites for hydroxylation is 1. The molecule has 0 aliphatic carbocycles. The van der Waals surface area contributed by atoms with Crippen LogP contribution in [-0.4, -0.2) is 42.5 Å².